The molecule has 11 heteroatoms. The van der Waals surface area contributed by atoms with Crippen LogP contribution in [0.4, 0.5) is 9.59 Å². The largest absolute Gasteiger partial charge is 0.450 e. The second kappa shape index (κ2) is 10.1. The van der Waals surface area contributed by atoms with Crippen LogP contribution in [0.5, 0.6) is 0 Å². The summed E-state index contributed by atoms with van der Waals surface area (Å²) in [6.07, 6.45) is -2.30. The van der Waals surface area contributed by atoms with Crippen molar-refractivity contribution in [3.8, 4) is 0 Å². The molecule has 164 valence electrons. The summed E-state index contributed by atoms with van der Waals surface area (Å²) >= 11 is 0. The Hall–Kier alpha value is -2.85. The molecule has 0 radical (unpaired) electrons. The van der Waals surface area contributed by atoms with E-state index in [4.69, 9.17) is 18.6 Å². The van der Waals surface area contributed by atoms with Crippen molar-refractivity contribution in [1.29, 1.82) is 0 Å². The fourth-order valence-electron chi connectivity index (χ4n) is 2.18. The Bertz CT molecular complexity index is 709. The molecule has 0 aromatic carbocycles. The van der Waals surface area contributed by atoms with Crippen molar-refractivity contribution in [3.63, 3.8) is 0 Å². The second-order valence-corrected chi connectivity index (χ2v) is 7.93. The van der Waals surface area contributed by atoms with Gasteiger partial charge in [-0.2, -0.15) is 0 Å². The molecule has 0 bridgehead atoms. The van der Waals surface area contributed by atoms with Crippen LogP contribution < -0.4 is 5.32 Å². The van der Waals surface area contributed by atoms with E-state index < -0.39 is 35.9 Å². The van der Waals surface area contributed by atoms with Gasteiger partial charge in [0.2, 0.25) is 0 Å². The summed E-state index contributed by atoms with van der Waals surface area (Å²) in [6.45, 7) is 9.85. The molecule has 1 N–H and O–H groups in total. The van der Waals surface area contributed by atoms with E-state index in [1.54, 1.807) is 20.8 Å². The highest BCUT2D eigenvalue weighted by Crippen LogP contribution is 2.26. The predicted octanol–water partition coefficient (Wildman–Crippen LogP) is 2.42. The standard InChI is InChI=1S/C18H30N4O7/c1-10(2)13(19-16(24)29-18(4,5)6)14(27-11(3)23)15-21-20-12(28-15)9-26-17(25)22(7)8/h10,13-14H,9H2,1-8H3,(H,19,24). The molecule has 0 aliphatic carbocycles. The summed E-state index contributed by atoms with van der Waals surface area (Å²) in [4.78, 5) is 36.6. The average molecular weight is 414 g/mol. The average Bonchev–Trinajstić information content (AvgIpc) is 3.02. The third kappa shape index (κ3) is 8.36. The van der Waals surface area contributed by atoms with E-state index in [2.05, 4.69) is 15.5 Å². The highest BCUT2D eigenvalue weighted by molar-refractivity contribution is 5.69. The highest BCUT2D eigenvalue weighted by atomic mass is 16.6. The van der Waals surface area contributed by atoms with Crippen LogP contribution in [0.3, 0.4) is 0 Å². The Labute approximate surface area is 170 Å². The molecular weight excluding hydrogens is 384 g/mol. The number of alkyl carbamates (subject to hydrolysis) is 1. The first-order chi connectivity index (χ1) is 13.3. The minimum Gasteiger partial charge on any atom is -0.450 e. The number of esters is 1. The van der Waals surface area contributed by atoms with E-state index in [0.29, 0.717) is 0 Å². The van der Waals surface area contributed by atoms with Gasteiger partial charge < -0.3 is 28.8 Å². The van der Waals surface area contributed by atoms with Crippen molar-refractivity contribution in [2.45, 2.75) is 65.9 Å². The topological polar surface area (TPSA) is 133 Å². The van der Waals surface area contributed by atoms with E-state index in [1.807, 2.05) is 13.8 Å². The molecule has 29 heavy (non-hydrogen) atoms. The van der Waals surface area contributed by atoms with Gasteiger partial charge in [0.05, 0.1) is 6.04 Å². The highest BCUT2D eigenvalue weighted by Gasteiger charge is 2.35. The quantitative estimate of drug-likeness (QED) is 0.527. The van der Waals surface area contributed by atoms with Gasteiger partial charge in [-0.15, -0.1) is 10.2 Å². The molecule has 0 aliphatic heterocycles. The molecule has 1 heterocycles. The molecule has 1 aromatic heterocycles. The predicted molar refractivity (Wildman–Crippen MR) is 101 cm³/mol. The zero-order chi connectivity index (χ0) is 22.4. The molecule has 0 spiro atoms. The number of amides is 2. The summed E-state index contributed by atoms with van der Waals surface area (Å²) < 4.78 is 21.1. The normalized spacial score (nSPS) is 13.4. The first kappa shape index (κ1) is 24.2. The minimum absolute atomic E-state index is 0.0205. The van der Waals surface area contributed by atoms with Crippen molar-refractivity contribution >= 4 is 18.2 Å². The van der Waals surface area contributed by atoms with E-state index in [-0.39, 0.29) is 24.3 Å². The van der Waals surface area contributed by atoms with E-state index in [9.17, 15) is 14.4 Å². The van der Waals surface area contributed by atoms with Crippen molar-refractivity contribution in [2.75, 3.05) is 14.1 Å². The molecule has 11 nitrogen and oxygen atoms in total. The number of nitrogens with zero attached hydrogens (tertiary/aromatic N) is 3. The van der Waals surface area contributed by atoms with Crippen molar-refractivity contribution < 1.29 is 33.0 Å². The number of carbonyl (C=O) groups is 3. The van der Waals surface area contributed by atoms with Gasteiger partial charge in [-0.3, -0.25) is 4.79 Å². The molecule has 2 atom stereocenters. The zero-order valence-electron chi connectivity index (χ0n) is 18.1. The maximum absolute atomic E-state index is 12.2. The molecular formula is C18H30N4O7. The summed E-state index contributed by atoms with van der Waals surface area (Å²) in [5, 5.41) is 10.4. The van der Waals surface area contributed by atoms with Gasteiger partial charge in [-0.1, -0.05) is 13.8 Å². The van der Waals surface area contributed by atoms with Crippen molar-refractivity contribution in [2.24, 2.45) is 5.92 Å². The van der Waals surface area contributed by atoms with Crippen LogP contribution in [0.2, 0.25) is 0 Å². The number of nitrogens with one attached hydrogen (secondary N) is 1. The SMILES string of the molecule is CC(=O)OC(c1nnc(COC(=O)N(C)C)o1)C(NC(=O)OC(C)(C)C)C(C)C. The Morgan fingerprint density at radius 1 is 1.17 bits per heavy atom. The lowest BCUT2D eigenvalue weighted by atomic mass is 9.98. The minimum atomic E-state index is -1.05. The summed E-state index contributed by atoms with van der Waals surface area (Å²) in [7, 11) is 3.07. The first-order valence-corrected chi connectivity index (χ1v) is 9.13. The van der Waals surface area contributed by atoms with E-state index in [1.165, 1.54) is 25.9 Å². The molecule has 1 rings (SSSR count). The molecule has 2 amide bonds. The maximum Gasteiger partial charge on any atom is 0.409 e. The first-order valence-electron chi connectivity index (χ1n) is 9.13. The molecule has 0 aliphatic rings. The lowest BCUT2D eigenvalue weighted by Gasteiger charge is -2.29. The second-order valence-electron chi connectivity index (χ2n) is 7.93. The van der Waals surface area contributed by atoms with Crippen LogP contribution in [-0.2, 0) is 25.6 Å². The van der Waals surface area contributed by atoms with Gasteiger partial charge in [0, 0.05) is 21.0 Å². The third-order valence-electron chi connectivity index (χ3n) is 3.43. The number of hydrogen-bond donors (Lipinski definition) is 1. The number of aromatic nitrogens is 2. The van der Waals surface area contributed by atoms with Gasteiger partial charge in [-0.25, -0.2) is 9.59 Å². The van der Waals surface area contributed by atoms with Crippen molar-refractivity contribution in [3.05, 3.63) is 11.8 Å². The Morgan fingerprint density at radius 3 is 2.28 bits per heavy atom. The van der Waals surface area contributed by atoms with Crippen LogP contribution in [-0.4, -0.2) is 59.0 Å². The van der Waals surface area contributed by atoms with Gasteiger partial charge in [0.1, 0.15) is 5.60 Å². The Kier molecular flexibility index (Phi) is 8.41. The number of hydrogen-bond acceptors (Lipinski definition) is 9. The summed E-state index contributed by atoms with van der Waals surface area (Å²) in [5.74, 6) is -0.780. The molecule has 2 unspecified atom stereocenters. The van der Waals surface area contributed by atoms with Crippen LogP contribution >= 0.6 is 0 Å². The Balaban J connectivity index is 3.02. The van der Waals surface area contributed by atoms with Crippen LogP contribution in [0.15, 0.2) is 4.42 Å². The van der Waals surface area contributed by atoms with E-state index in [0.717, 1.165) is 0 Å². The number of rotatable bonds is 7. The maximum atomic E-state index is 12.2. The van der Waals surface area contributed by atoms with Crippen LogP contribution in [0.25, 0.3) is 0 Å². The molecule has 0 saturated carbocycles. The fourth-order valence-corrected chi connectivity index (χ4v) is 2.18. The fraction of sp³-hybridized carbons (Fsp3) is 0.722. The van der Waals surface area contributed by atoms with E-state index >= 15 is 0 Å². The molecule has 1 aromatic rings. The van der Waals surface area contributed by atoms with Gasteiger partial charge in [0.15, 0.2) is 12.7 Å². The summed E-state index contributed by atoms with van der Waals surface area (Å²) in [5.41, 5.74) is -0.698. The van der Waals surface area contributed by atoms with Gasteiger partial charge in [-0.05, 0) is 26.7 Å². The number of carbonyl (C=O) groups excluding carboxylic acids is 3. The van der Waals surface area contributed by atoms with Gasteiger partial charge in [0.25, 0.3) is 11.8 Å². The zero-order valence-corrected chi connectivity index (χ0v) is 18.1. The lowest BCUT2D eigenvalue weighted by molar-refractivity contribution is -0.150. The smallest absolute Gasteiger partial charge is 0.409 e. The lowest BCUT2D eigenvalue weighted by Crippen LogP contribution is -2.46. The third-order valence-corrected chi connectivity index (χ3v) is 3.43. The monoisotopic (exact) mass is 414 g/mol. The van der Waals surface area contributed by atoms with Crippen LogP contribution in [0.1, 0.15) is 59.4 Å². The summed E-state index contributed by atoms with van der Waals surface area (Å²) in [6, 6.07) is -0.702. The molecule has 0 saturated heterocycles. The number of ether oxygens (including phenoxy) is 3. The molecule has 0 fully saturated rings. The van der Waals surface area contributed by atoms with Gasteiger partial charge >= 0.3 is 18.2 Å². The van der Waals surface area contributed by atoms with Crippen LogP contribution in [0, 0.1) is 5.92 Å². The van der Waals surface area contributed by atoms with Crippen molar-refractivity contribution in [1.82, 2.24) is 20.4 Å². The Morgan fingerprint density at radius 2 is 1.79 bits per heavy atom.